The van der Waals surface area contributed by atoms with Crippen LogP contribution in [0, 0.1) is 18.3 Å². The molecule has 0 amide bonds. The van der Waals surface area contributed by atoms with Gasteiger partial charge in [0.25, 0.3) is 0 Å². The van der Waals surface area contributed by atoms with E-state index in [1.807, 2.05) is 0 Å². The lowest BCUT2D eigenvalue weighted by Gasteiger charge is -2.18. The molecule has 1 aromatic carbocycles. The number of carbonyl (C=O) groups excluding carboxylic acids is 2. The highest BCUT2D eigenvalue weighted by atomic mass is 19.4. The lowest BCUT2D eigenvalue weighted by Crippen LogP contribution is -2.16. The fourth-order valence-electron chi connectivity index (χ4n) is 3.02. The van der Waals surface area contributed by atoms with Crippen molar-refractivity contribution in [1.29, 1.82) is 5.26 Å². The second-order valence-corrected chi connectivity index (χ2v) is 5.93. The maximum Gasteiger partial charge on any atom is 0.417 e. The molecule has 0 N–H and O–H groups in total. The van der Waals surface area contributed by atoms with Crippen LogP contribution in [0.15, 0.2) is 24.3 Å². The Labute approximate surface area is 157 Å². The summed E-state index contributed by atoms with van der Waals surface area (Å²) in [6.45, 7) is 1.00. The number of hydrogen-bond acceptors (Lipinski definition) is 6. The SMILES string of the molecule is Cc1nc2c(c(-c3ccccc3C(F)(F)F)c1C(=O)OCCC#N)C(=O)OC2. The van der Waals surface area contributed by atoms with E-state index in [2.05, 4.69) is 4.98 Å². The molecule has 1 aromatic heterocycles. The molecule has 0 saturated carbocycles. The number of pyridine rings is 1. The summed E-state index contributed by atoms with van der Waals surface area (Å²) in [4.78, 5) is 29.0. The van der Waals surface area contributed by atoms with Gasteiger partial charge in [0.15, 0.2) is 0 Å². The summed E-state index contributed by atoms with van der Waals surface area (Å²) in [5, 5.41) is 8.58. The zero-order valence-corrected chi connectivity index (χ0v) is 14.6. The van der Waals surface area contributed by atoms with Gasteiger partial charge in [0, 0.05) is 5.56 Å². The number of carbonyl (C=O) groups is 2. The van der Waals surface area contributed by atoms with E-state index in [1.165, 1.54) is 25.1 Å². The first-order valence-corrected chi connectivity index (χ1v) is 8.17. The third kappa shape index (κ3) is 3.41. The van der Waals surface area contributed by atoms with E-state index in [0.29, 0.717) is 0 Å². The summed E-state index contributed by atoms with van der Waals surface area (Å²) in [6, 6.07) is 6.42. The molecule has 6 nitrogen and oxygen atoms in total. The summed E-state index contributed by atoms with van der Waals surface area (Å²) < 4.78 is 50.7. The van der Waals surface area contributed by atoms with Crippen LogP contribution in [0.3, 0.4) is 0 Å². The van der Waals surface area contributed by atoms with Crippen molar-refractivity contribution in [3.8, 4) is 17.2 Å². The number of benzene rings is 1. The monoisotopic (exact) mass is 390 g/mol. The predicted molar refractivity (Wildman–Crippen MR) is 89.0 cm³/mol. The lowest BCUT2D eigenvalue weighted by molar-refractivity contribution is -0.137. The number of halogens is 3. The first-order chi connectivity index (χ1) is 13.3. The fourth-order valence-corrected chi connectivity index (χ4v) is 3.02. The molecule has 2 heterocycles. The Morgan fingerprint density at radius 3 is 2.71 bits per heavy atom. The minimum atomic E-state index is -4.72. The van der Waals surface area contributed by atoms with Crippen LogP contribution in [-0.4, -0.2) is 23.5 Å². The van der Waals surface area contributed by atoms with Gasteiger partial charge >= 0.3 is 18.1 Å². The smallest absolute Gasteiger partial charge is 0.417 e. The Balaban J connectivity index is 2.30. The van der Waals surface area contributed by atoms with Crippen LogP contribution >= 0.6 is 0 Å². The predicted octanol–water partition coefficient (Wildman–Crippen LogP) is 3.82. The van der Waals surface area contributed by atoms with Crippen LogP contribution in [0.5, 0.6) is 0 Å². The largest absolute Gasteiger partial charge is 0.461 e. The molecule has 0 unspecified atom stereocenters. The Kier molecular flexibility index (Phi) is 5.05. The Morgan fingerprint density at radius 1 is 1.32 bits per heavy atom. The number of cyclic esters (lactones) is 1. The molecule has 0 bridgehead atoms. The quantitative estimate of drug-likeness (QED) is 0.583. The van der Waals surface area contributed by atoms with Gasteiger partial charge in [-0.15, -0.1) is 0 Å². The number of esters is 2. The van der Waals surface area contributed by atoms with Crippen LogP contribution in [0.25, 0.3) is 11.1 Å². The van der Waals surface area contributed by atoms with Gasteiger partial charge < -0.3 is 9.47 Å². The number of rotatable bonds is 4. The molecule has 0 spiro atoms. The van der Waals surface area contributed by atoms with Crippen molar-refractivity contribution in [3.05, 3.63) is 52.3 Å². The number of ether oxygens (including phenoxy) is 2. The van der Waals surface area contributed by atoms with Crippen LogP contribution in [0.1, 0.15) is 44.1 Å². The number of aryl methyl sites for hydroxylation is 1. The minimum Gasteiger partial charge on any atom is -0.461 e. The number of nitrogens with zero attached hydrogens (tertiary/aromatic N) is 2. The Bertz CT molecular complexity index is 1010. The van der Waals surface area contributed by atoms with Gasteiger partial charge in [-0.2, -0.15) is 18.4 Å². The van der Waals surface area contributed by atoms with E-state index in [1.54, 1.807) is 6.07 Å². The summed E-state index contributed by atoms with van der Waals surface area (Å²) in [5.74, 6) is -1.82. The zero-order chi connectivity index (χ0) is 20.5. The Hall–Kier alpha value is -3.41. The first kappa shape index (κ1) is 19.4. The highest BCUT2D eigenvalue weighted by Crippen LogP contribution is 2.42. The number of aromatic nitrogens is 1. The molecular formula is C19H13F3N2O4. The highest BCUT2D eigenvalue weighted by molar-refractivity contribution is 6.08. The second-order valence-electron chi connectivity index (χ2n) is 5.93. The average Bonchev–Trinajstić information content (AvgIpc) is 3.00. The number of alkyl halides is 3. The molecule has 0 aliphatic carbocycles. The topological polar surface area (TPSA) is 89.3 Å². The van der Waals surface area contributed by atoms with E-state index < -0.39 is 23.7 Å². The van der Waals surface area contributed by atoms with Crippen LogP contribution < -0.4 is 0 Å². The maximum absolute atomic E-state index is 13.6. The minimum absolute atomic E-state index is 0.0837. The molecule has 9 heteroatoms. The maximum atomic E-state index is 13.6. The van der Waals surface area contributed by atoms with E-state index in [-0.39, 0.29) is 53.3 Å². The molecule has 2 aromatic rings. The van der Waals surface area contributed by atoms with Gasteiger partial charge in [0.1, 0.15) is 13.2 Å². The van der Waals surface area contributed by atoms with Gasteiger partial charge in [-0.25, -0.2) is 9.59 Å². The second kappa shape index (κ2) is 7.31. The summed E-state index contributed by atoms with van der Waals surface area (Å²) in [6.07, 6.45) is -4.80. The molecule has 0 radical (unpaired) electrons. The van der Waals surface area contributed by atoms with Gasteiger partial charge in [-0.1, -0.05) is 18.2 Å². The van der Waals surface area contributed by atoms with Crippen molar-refractivity contribution in [3.63, 3.8) is 0 Å². The number of fused-ring (bicyclic) bond motifs is 1. The number of hydrogen-bond donors (Lipinski definition) is 0. The zero-order valence-electron chi connectivity index (χ0n) is 14.6. The standard InChI is InChI=1S/C19H13F3N2O4/c1-10-14(17(25)27-8-4-7-23)15(16-13(24-10)9-28-18(16)26)11-5-2-3-6-12(11)19(20,21)22/h2-3,5-6H,4,8-9H2,1H3. The third-order valence-corrected chi connectivity index (χ3v) is 4.15. The fraction of sp³-hybridized carbons (Fsp3) is 0.263. The average molecular weight is 390 g/mol. The van der Waals surface area contributed by atoms with Crippen molar-refractivity contribution in [1.82, 2.24) is 4.98 Å². The normalized spacial score (nSPS) is 12.9. The van der Waals surface area contributed by atoms with E-state index >= 15 is 0 Å². The van der Waals surface area contributed by atoms with Crippen molar-refractivity contribution in [2.75, 3.05) is 6.61 Å². The molecule has 28 heavy (non-hydrogen) atoms. The van der Waals surface area contributed by atoms with Crippen LogP contribution in [0.4, 0.5) is 13.2 Å². The molecule has 3 rings (SSSR count). The van der Waals surface area contributed by atoms with Gasteiger partial charge in [-0.05, 0) is 18.6 Å². The summed E-state index contributed by atoms with van der Waals surface area (Å²) in [5.41, 5.74) is -1.76. The highest BCUT2D eigenvalue weighted by Gasteiger charge is 2.39. The van der Waals surface area contributed by atoms with Crippen molar-refractivity contribution < 1.29 is 32.2 Å². The van der Waals surface area contributed by atoms with Crippen molar-refractivity contribution >= 4 is 11.9 Å². The molecule has 0 atom stereocenters. The van der Waals surface area contributed by atoms with E-state index in [9.17, 15) is 22.8 Å². The van der Waals surface area contributed by atoms with Crippen molar-refractivity contribution in [2.45, 2.75) is 26.1 Å². The van der Waals surface area contributed by atoms with E-state index in [0.717, 1.165) is 6.07 Å². The molecular weight excluding hydrogens is 377 g/mol. The number of nitriles is 1. The molecule has 0 saturated heterocycles. The molecule has 0 fully saturated rings. The molecule has 1 aliphatic heterocycles. The van der Waals surface area contributed by atoms with Crippen molar-refractivity contribution in [2.24, 2.45) is 0 Å². The van der Waals surface area contributed by atoms with Gasteiger partial charge in [0.05, 0.1) is 40.6 Å². The van der Waals surface area contributed by atoms with Gasteiger partial charge in [-0.3, -0.25) is 4.98 Å². The summed E-state index contributed by atoms with van der Waals surface area (Å²) >= 11 is 0. The van der Waals surface area contributed by atoms with E-state index in [4.69, 9.17) is 14.7 Å². The third-order valence-electron chi connectivity index (χ3n) is 4.15. The lowest BCUT2D eigenvalue weighted by atomic mass is 9.90. The van der Waals surface area contributed by atoms with Crippen LogP contribution in [-0.2, 0) is 22.3 Å². The summed E-state index contributed by atoms with van der Waals surface area (Å²) in [7, 11) is 0. The molecule has 1 aliphatic rings. The van der Waals surface area contributed by atoms with Gasteiger partial charge in [0.2, 0.25) is 0 Å². The first-order valence-electron chi connectivity index (χ1n) is 8.17. The van der Waals surface area contributed by atoms with Crippen LogP contribution in [0.2, 0.25) is 0 Å². The molecule has 144 valence electrons. The Morgan fingerprint density at radius 2 is 2.04 bits per heavy atom.